The quantitative estimate of drug-likeness (QED) is 0.850. The van der Waals surface area contributed by atoms with Gasteiger partial charge in [0.15, 0.2) is 0 Å². The highest BCUT2D eigenvalue weighted by Gasteiger charge is 2.41. The van der Waals surface area contributed by atoms with Crippen LogP contribution in [0.1, 0.15) is 38.5 Å². The average molecular weight is 397 g/mol. The predicted octanol–water partition coefficient (Wildman–Crippen LogP) is 3.05. The van der Waals surface area contributed by atoms with Crippen molar-refractivity contribution in [2.24, 2.45) is 17.8 Å². The molecule has 1 aromatic carbocycles. The summed E-state index contributed by atoms with van der Waals surface area (Å²) in [5.74, 6) is 1.50. The number of rotatable bonds is 4. The summed E-state index contributed by atoms with van der Waals surface area (Å²) in [5, 5.41) is 3.76. The SMILES string of the molecule is O=C(N[C@H]1C[C@H]2CC[C@@H]1C2)C1CCN(S(=O)(=O)c2ccc(Cl)cc2)CC1. The number of carbonyl (C=O) groups excluding carboxylic acids is 1. The number of sulfonamides is 1. The molecule has 1 aromatic rings. The van der Waals surface area contributed by atoms with Crippen LogP contribution in [-0.4, -0.2) is 37.8 Å². The Hall–Kier alpha value is -1.11. The number of hydrogen-bond donors (Lipinski definition) is 1. The lowest BCUT2D eigenvalue weighted by Crippen LogP contribution is -2.46. The van der Waals surface area contributed by atoms with Crippen molar-refractivity contribution in [3.63, 3.8) is 0 Å². The number of fused-ring (bicyclic) bond motifs is 2. The van der Waals surface area contributed by atoms with E-state index in [1.807, 2.05) is 0 Å². The number of halogens is 1. The van der Waals surface area contributed by atoms with Crippen LogP contribution in [0.3, 0.4) is 0 Å². The molecule has 2 bridgehead atoms. The zero-order valence-electron chi connectivity index (χ0n) is 14.7. The van der Waals surface area contributed by atoms with Crippen molar-refractivity contribution in [2.75, 3.05) is 13.1 Å². The second kappa shape index (κ2) is 7.13. The molecule has 3 aliphatic rings. The molecule has 1 heterocycles. The Labute approximate surface area is 160 Å². The molecule has 1 N–H and O–H groups in total. The van der Waals surface area contributed by atoms with Crippen LogP contribution >= 0.6 is 11.6 Å². The van der Waals surface area contributed by atoms with Gasteiger partial charge in [0.1, 0.15) is 0 Å². The molecule has 2 saturated carbocycles. The summed E-state index contributed by atoms with van der Waals surface area (Å²) in [6.45, 7) is 0.777. The van der Waals surface area contributed by atoms with Crippen LogP contribution in [0.15, 0.2) is 29.2 Å². The third-order valence-electron chi connectivity index (χ3n) is 6.34. The second-order valence-electron chi connectivity index (χ2n) is 7.92. The Balaban J connectivity index is 1.33. The van der Waals surface area contributed by atoms with E-state index < -0.39 is 10.0 Å². The summed E-state index contributed by atoms with van der Waals surface area (Å²) < 4.78 is 26.9. The third kappa shape index (κ3) is 3.51. The highest BCUT2D eigenvalue weighted by Crippen LogP contribution is 2.44. The zero-order chi connectivity index (χ0) is 18.3. The van der Waals surface area contributed by atoms with Gasteiger partial charge in [-0.3, -0.25) is 4.79 Å². The first-order valence-electron chi connectivity index (χ1n) is 9.49. The highest BCUT2D eigenvalue weighted by molar-refractivity contribution is 7.89. The summed E-state index contributed by atoms with van der Waals surface area (Å²) >= 11 is 5.84. The van der Waals surface area contributed by atoms with E-state index in [1.54, 1.807) is 12.1 Å². The molecule has 5 nitrogen and oxygen atoms in total. The van der Waals surface area contributed by atoms with E-state index >= 15 is 0 Å². The second-order valence-corrected chi connectivity index (χ2v) is 10.3. The maximum absolute atomic E-state index is 12.7. The van der Waals surface area contributed by atoms with E-state index in [2.05, 4.69) is 5.32 Å². The molecule has 0 spiro atoms. The first-order chi connectivity index (χ1) is 12.4. The fraction of sp³-hybridized carbons (Fsp3) is 0.632. The zero-order valence-corrected chi connectivity index (χ0v) is 16.3. The first kappa shape index (κ1) is 18.3. The van der Waals surface area contributed by atoms with Gasteiger partial charge in [0.25, 0.3) is 0 Å². The Morgan fingerprint density at radius 3 is 2.31 bits per heavy atom. The number of benzene rings is 1. The molecule has 2 aliphatic carbocycles. The van der Waals surface area contributed by atoms with Crippen molar-refractivity contribution in [1.82, 2.24) is 9.62 Å². The summed E-state index contributed by atoms with van der Waals surface area (Å²) in [6.07, 6.45) is 6.12. The van der Waals surface area contributed by atoms with Crippen molar-refractivity contribution in [2.45, 2.75) is 49.5 Å². The van der Waals surface area contributed by atoms with Gasteiger partial charge in [-0.2, -0.15) is 4.31 Å². The minimum atomic E-state index is -3.51. The van der Waals surface area contributed by atoms with Gasteiger partial charge in [0.05, 0.1) is 4.90 Å². The Bertz CT molecular complexity index is 772. The van der Waals surface area contributed by atoms with Gasteiger partial charge < -0.3 is 5.32 Å². The Morgan fingerprint density at radius 2 is 1.73 bits per heavy atom. The van der Waals surface area contributed by atoms with Crippen molar-refractivity contribution >= 4 is 27.5 Å². The Kier molecular flexibility index (Phi) is 5.01. The van der Waals surface area contributed by atoms with E-state index in [0.717, 1.165) is 12.3 Å². The van der Waals surface area contributed by atoms with Crippen molar-refractivity contribution in [3.8, 4) is 0 Å². The minimum Gasteiger partial charge on any atom is -0.353 e. The van der Waals surface area contributed by atoms with Gasteiger partial charge >= 0.3 is 0 Å². The molecule has 1 saturated heterocycles. The van der Waals surface area contributed by atoms with Crippen LogP contribution in [0.25, 0.3) is 0 Å². The van der Waals surface area contributed by atoms with Crippen LogP contribution < -0.4 is 5.32 Å². The van der Waals surface area contributed by atoms with Crippen LogP contribution in [0.2, 0.25) is 5.02 Å². The highest BCUT2D eigenvalue weighted by atomic mass is 35.5. The standard InChI is InChI=1S/C19H25ClN2O3S/c20-16-3-5-17(6-4-16)26(24,25)22-9-7-14(8-10-22)19(23)21-18-12-13-1-2-15(18)11-13/h3-6,13-15,18H,1-2,7-12H2,(H,21,23)/t13-,15+,18-/m0/s1. The molecule has 26 heavy (non-hydrogen) atoms. The van der Waals surface area contributed by atoms with E-state index in [1.165, 1.54) is 35.7 Å². The van der Waals surface area contributed by atoms with Gasteiger partial charge in [-0.15, -0.1) is 0 Å². The third-order valence-corrected chi connectivity index (χ3v) is 8.51. The molecular weight excluding hydrogens is 372 g/mol. The number of nitrogens with zero attached hydrogens (tertiary/aromatic N) is 1. The van der Waals surface area contributed by atoms with Gasteiger partial charge in [-0.25, -0.2) is 8.42 Å². The van der Waals surface area contributed by atoms with E-state index in [4.69, 9.17) is 11.6 Å². The summed E-state index contributed by atoms with van der Waals surface area (Å²) in [7, 11) is -3.51. The Morgan fingerprint density at radius 1 is 1.04 bits per heavy atom. The number of hydrogen-bond acceptors (Lipinski definition) is 3. The number of carbonyl (C=O) groups is 1. The lowest BCUT2D eigenvalue weighted by Gasteiger charge is -2.32. The topological polar surface area (TPSA) is 66.5 Å². The monoisotopic (exact) mass is 396 g/mol. The molecule has 4 rings (SSSR count). The molecule has 0 unspecified atom stereocenters. The molecule has 1 aliphatic heterocycles. The molecular formula is C19H25ClN2O3S. The van der Waals surface area contributed by atoms with Crippen LogP contribution in [0.4, 0.5) is 0 Å². The molecule has 0 radical (unpaired) electrons. The largest absolute Gasteiger partial charge is 0.353 e. The van der Waals surface area contributed by atoms with Gasteiger partial charge in [0.2, 0.25) is 15.9 Å². The summed E-state index contributed by atoms with van der Waals surface area (Å²) in [6, 6.07) is 6.59. The first-order valence-corrected chi connectivity index (χ1v) is 11.3. The van der Waals surface area contributed by atoms with Crippen LogP contribution in [0.5, 0.6) is 0 Å². The molecule has 142 valence electrons. The van der Waals surface area contributed by atoms with Crippen LogP contribution in [-0.2, 0) is 14.8 Å². The number of amides is 1. The maximum Gasteiger partial charge on any atom is 0.243 e. The number of nitrogens with one attached hydrogen (secondary N) is 1. The fourth-order valence-electron chi connectivity index (χ4n) is 4.84. The number of piperidine rings is 1. The normalized spacial score (nSPS) is 29.8. The van der Waals surface area contributed by atoms with E-state index in [9.17, 15) is 13.2 Å². The molecule has 0 aromatic heterocycles. The molecule has 1 amide bonds. The van der Waals surface area contributed by atoms with E-state index in [-0.39, 0.29) is 16.7 Å². The predicted molar refractivity (Wildman–Crippen MR) is 100 cm³/mol. The minimum absolute atomic E-state index is 0.0780. The lowest BCUT2D eigenvalue weighted by atomic mass is 9.93. The molecule has 3 fully saturated rings. The smallest absolute Gasteiger partial charge is 0.243 e. The summed E-state index contributed by atoms with van der Waals surface area (Å²) in [4.78, 5) is 12.9. The average Bonchev–Trinajstić information content (AvgIpc) is 3.25. The fourth-order valence-corrected chi connectivity index (χ4v) is 6.43. The molecule has 3 atom stereocenters. The lowest BCUT2D eigenvalue weighted by molar-refractivity contribution is -0.127. The van der Waals surface area contributed by atoms with E-state index in [0.29, 0.717) is 42.9 Å². The van der Waals surface area contributed by atoms with Crippen molar-refractivity contribution in [3.05, 3.63) is 29.3 Å². The van der Waals surface area contributed by atoms with Gasteiger partial charge in [-0.05, 0) is 68.2 Å². The molecule has 7 heteroatoms. The maximum atomic E-state index is 12.7. The summed E-state index contributed by atoms with van der Waals surface area (Å²) in [5.41, 5.74) is 0. The van der Waals surface area contributed by atoms with Crippen molar-refractivity contribution in [1.29, 1.82) is 0 Å². The van der Waals surface area contributed by atoms with Gasteiger partial charge in [-0.1, -0.05) is 18.0 Å². The van der Waals surface area contributed by atoms with Crippen LogP contribution in [0, 0.1) is 17.8 Å². The van der Waals surface area contributed by atoms with Gasteiger partial charge in [0, 0.05) is 30.1 Å². The van der Waals surface area contributed by atoms with Crippen molar-refractivity contribution < 1.29 is 13.2 Å².